The Morgan fingerprint density at radius 2 is 1.83 bits per heavy atom. The first kappa shape index (κ1) is 12.4. The Morgan fingerprint density at radius 1 is 1.06 bits per heavy atom. The van der Waals surface area contributed by atoms with Gasteiger partial charge in [0.05, 0.1) is 0 Å². The number of carbonyl (C=O) groups excluding carboxylic acids is 1. The molecule has 0 saturated heterocycles. The monoisotopic (exact) mass is 240 g/mol. The Morgan fingerprint density at radius 3 is 2.56 bits per heavy atom. The Kier molecular flexibility index (Phi) is 3.47. The van der Waals surface area contributed by atoms with E-state index in [1.54, 1.807) is 19.1 Å². The van der Waals surface area contributed by atoms with Gasteiger partial charge in [-0.15, -0.1) is 0 Å². The molecule has 0 aliphatic rings. The van der Waals surface area contributed by atoms with E-state index in [4.69, 9.17) is 4.74 Å². The van der Waals surface area contributed by atoms with Crippen LogP contribution in [0.15, 0.2) is 42.5 Å². The van der Waals surface area contributed by atoms with Crippen molar-refractivity contribution in [1.82, 2.24) is 0 Å². The maximum Gasteiger partial charge on any atom is 0.159 e. The largest absolute Gasteiger partial charge is 0.457 e. The van der Waals surface area contributed by atoms with Crippen molar-refractivity contribution >= 4 is 5.78 Å². The molecule has 0 heterocycles. The van der Waals surface area contributed by atoms with Gasteiger partial charge in [0.1, 0.15) is 11.5 Å². The summed E-state index contributed by atoms with van der Waals surface area (Å²) < 4.78 is 5.83. The van der Waals surface area contributed by atoms with Gasteiger partial charge in [-0.2, -0.15) is 0 Å². The lowest BCUT2D eigenvalue weighted by molar-refractivity contribution is 0.101. The number of hydrogen-bond acceptors (Lipinski definition) is 2. The van der Waals surface area contributed by atoms with Gasteiger partial charge in [0, 0.05) is 5.56 Å². The average molecular weight is 240 g/mol. The first-order valence-electron chi connectivity index (χ1n) is 5.92. The summed E-state index contributed by atoms with van der Waals surface area (Å²) in [5, 5.41) is 0. The summed E-state index contributed by atoms with van der Waals surface area (Å²) >= 11 is 0. The Labute approximate surface area is 107 Å². The van der Waals surface area contributed by atoms with Gasteiger partial charge in [-0.1, -0.05) is 24.3 Å². The molecule has 2 aromatic rings. The summed E-state index contributed by atoms with van der Waals surface area (Å²) in [4.78, 5) is 11.3. The quantitative estimate of drug-likeness (QED) is 0.748. The molecular weight excluding hydrogens is 224 g/mol. The highest BCUT2D eigenvalue weighted by Crippen LogP contribution is 2.26. The van der Waals surface area contributed by atoms with E-state index in [-0.39, 0.29) is 5.78 Å². The zero-order valence-electron chi connectivity index (χ0n) is 10.9. The van der Waals surface area contributed by atoms with Crippen LogP contribution in [-0.2, 0) is 0 Å². The molecule has 0 aliphatic heterocycles. The standard InChI is InChI=1S/C16H16O2/c1-11-7-8-12(2)16(9-11)18-15-6-4-5-14(10-15)13(3)17/h4-10H,1-3H3. The molecule has 0 atom stereocenters. The van der Waals surface area contributed by atoms with E-state index in [0.717, 1.165) is 16.9 Å². The normalized spacial score (nSPS) is 10.2. The number of ether oxygens (including phenoxy) is 1. The topological polar surface area (TPSA) is 26.3 Å². The maximum absolute atomic E-state index is 11.3. The van der Waals surface area contributed by atoms with Gasteiger partial charge in [0.15, 0.2) is 5.78 Å². The summed E-state index contributed by atoms with van der Waals surface area (Å²) in [5.74, 6) is 1.56. The minimum Gasteiger partial charge on any atom is -0.457 e. The molecule has 0 saturated carbocycles. The van der Waals surface area contributed by atoms with Crippen LogP contribution in [0, 0.1) is 13.8 Å². The van der Waals surface area contributed by atoms with Gasteiger partial charge in [0.2, 0.25) is 0 Å². The smallest absolute Gasteiger partial charge is 0.159 e. The fraction of sp³-hybridized carbons (Fsp3) is 0.188. The van der Waals surface area contributed by atoms with E-state index in [0.29, 0.717) is 11.3 Å². The maximum atomic E-state index is 11.3. The van der Waals surface area contributed by atoms with Crippen molar-refractivity contribution in [3.05, 3.63) is 59.2 Å². The number of Topliss-reactive ketones (excluding diaryl/α,β-unsaturated/α-hetero) is 1. The Balaban J connectivity index is 2.31. The average Bonchev–Trinajstić information content (AvgIpc) is 2.34. The van der Waals surface area contributed by atoms with Crippen molar-refractivity contribution in [3.63, 3.8) is 0 Å². The number of rotatable bonds is 3. The number of ketones is 1. The van der Waals surface area contributed by atoms with E-state index < -0.39 is 0 Å². The lowest BCUT2D eigenvalue weighted by Crippen LogP contribution is -1.93. The van der Waals surface area contributed by atoms with Crippen molar-refractivity contribution in [2.24, 2.45) is 0 Å². The van der Waals surface area contributed by atoms with Gasteiger partial charge >= 0.3 is 0 Å². The summed E-state index contributed by atoms with van der Waals surface area (Å²) in [6.45, 7) is 5.58. The SMILES string of the molecule is CC(=O)c1cccc(Oc2cc(C)ccc2C)c1. The minimum absolute atomic E-state index is 0.0430. The predicted molar refractivity (Wildman–Crippen MR) is 72.4 cm³/mol. The summed E-state index contributed by atoms with van der Waals surface area (Å²) in [6, 6.07) is 13.3. The van der Waals surface area contributed by atoms with Crippen molar-refractivity contribution < 1.29 is 9.53 Å². The lowest BCUT2D eigenvalue weighted by Gasteiger charge is -2.10. The van der Waals surface area contributed by atoms with Crippen LogP contribution in [0.25, 0.3) is 0 Å². The van der Waals surface area contributed by atoms with E-state index in [2.05, 4.69) is 0 Å². The second-order valence-electron chi connectivity index (χ2n) is 4.46. The second kappa shape index (κ2) is 5.05. The summed E-state index contributed by atoms with van der Waals surface area (Å²) in [7, 11) is 0. The van der Waals surface area contributed by atoms with Gasteiger partial charge in [-0.05, 0) is 50.1 Å². The van der Waals surface area contributed by atoms with Crippen LogP contribution < -0.4 is 4.74 Å². The molecule has 0 bridgehead atoms. The molecule has 0 aliphatic carbocycles. The van der Waals surface area contributed by atoms with Gasteiger partial charge in [-0.25, -0.2) is 0 Å². The zero-order valence-corrected chi connectivity index (χ0v) is 10.9. The van der Waals surface area contributed by atoms with E-state index in [1.165, 1.54) is 0 Å². The Bertz CT molecular complexity index is 585. The molecule has 0 amide bonds. The number of aryl methyl sites for hydroxylation is 2. The molecule has 2 heteroatoms. The highest BCUT2D eigenvalue weighted by atomic mass is 16.5. The zero-order chi connectivity index (χ0) is 13.1. The van der Waals surface area contributed by atoms with Crippen molar-refractivity contribution in [1.29, 1.82) is 0 Å². The van der Waals surface area contributed by atoms with Crippen LogP contribution in [0.2, 0.25) is 0 Å². The van der Waals surface area contributed by atoms with Crippen LogP contribution in [0.4, 0.5) is 0 Å². The number of carbonyl (C=O) groups is 1. The highest BCUT2D eigenvalue weighted by Gasteiger charge is 2.04. The molecule has 0 spiro atoms. The summed E-state index contributed by atoms with van der Waals surface area (Å²) in [6.07, 6.45) is 0. The molecule has 18 heavy (non-hydrogen) atoms. The highest BCUT2D eigenvalue weighted by molar-refractivity contribution is 5.94. The van der Waals surface area contributed by atoms with Crippen LogP contribution in [-0.4, -0.2) is 5.78 Å². The van der Waals surface area contributed by atoms with Crippen LogP contribution in [0.5, 0.6) is 11.5 Å². The van der Waals surface area contributed by atoms with E-state index >= 15 is 0 Å². The van der Waals surface area contributed by atoms with Crippen LogP contribution in [0.1, 0.15) is 28.4 Å². The predicted octanol–water partition coefficient (Wildman–Crippen LogP) is 4.30. The fourth-order valence-corrected chi connectivity index (χ4v) is 1.72. The molecular formula is C16H16O2. The molecule has 0 radical (unpaired) electrons. The third kappa shape index (κ3) is 2.77. The van der Waals surface area contributed by atoms with Gasteiger partial charge in [-0.3, -0.25) is 4.79 Å². The minimum atomic E-state index is 0.0430. The van der Waals surface area contributed by atoms with E-state index in [9.17, 15) is 4.79 Å². The molecule has 2 nitrogen and oxygen atoms in total. The molecule has 0 N–H and O–H groups in total. The lowest BCUT2D eigenvalue weighted by atomic mass is 10.1. The number of hydrogen-bond donors (Lipinski definition) is 0. The Hall–Kier alpha value is -2.09. The third-order valence-electron chi connectivity index (χ3n) is 2.81. The summed E-state index contributed by atoms with van der Waals surface area (Å²) in [5.41, 5.74) is 2.89. The van der Waals surface area contributed by atoms with Gasteiger partial charge < -0.3 is 4.74 Å². The molecule has 0 aromatic heterocycles. The molecule has 0 unspecified atom stereocenters. The first-order chi connectivity index (χ1) is 8.56. The number of benzene rings is 2. The van der Waals surface area contributed by atoms with Crippen molar-refractivity contribution in [2.75, 3.05) is 0 Å². The van der Waals surface area contributed by atoms with Crippen LogP contribution in [0.3, 0.4) is 0 Å². The first-order valence-corrected chi connectivity index (χ1v) is 5.92. The third-order valence-corrected chi connectivity index (χ3v) is 2.81. The van der Waals surface area contributed by atoms with E-state index in [1.807, 2.05) is 44.2 Å². The second-order valence-corrected chi connectivity index (χ2v) is 4.46. The van der Waals surface area contributed by atoms with Crippen LogP contribution >= 0.6 is 0 Å². The van der Waals surface area contributed by atoms with Crippen molar-refractivity contribution in [3.8, 4) is 11.5 Å². The van der Waals surface area contributed by atoms with Gasteiger partial charge in [0.25, 0.3) is 0 Å². The molecule has 0 fully saturated rings. The molecule has 92 valence electrons. The molecule has 2 rings (SSSR count). The molecule has 2 aromatic carbocycles. The van der Waals surface area contributed by atoms with Crippen molar-refractivity contribution in [2.45, 2.75) is 20.8 Å². The fourth-order valence-electron chi connectivity index (χ4n) is 1.72.